The van der Waals surface area contributed by atoms with E-state index in [1.165, 1.54) is 38.1 Å². The number of nitrogens with zero attached hydrogens (tertiary/aromatic N) is 5. The van der Waals surface area contributed by atoms with Crippen LogP contribution in [0.25, 0.3) is 88.5 Å². The van der Waals surface area contributed by atoms with Crippen molar-refractivity contribution in [2.45, 2.75) is 0 Å². The second kappa shape index (κ2) is 10.1. The van der Waals surface area contributed by atoms with Crippen molar-refractivity contribution in [1.82, 2.24) is 23.1 Å². The van der Waals surface area contributed by atoms with Crippen molar-refractivity contribution in [2.24, 2.45) is 0 Å². The molecule has 4 heterocycles. The fourth-order valence-electron chi connectivity index (χ4n) is 8.03. The first kappa shape index (κ1) is 27.1. The van der Waals surface area contributed by atoms with Crippen LogP contribution in [0.1, 0.15) is 0 Å². The Kier molecular flexibility index (Phi) is 5.58. The van der Waals surface area contributed by atoms with Gasteiger partial charge in [0, 0.05) is 30.8 Å². The molecule has 5 nitrogen and oxygen atoms in total. The van der Waals surface area contributed by atoms with Crippen LogP contribution in [0.3, 0.4) is 0 Å². The third-order valence-electron chi connectivity index (χ3n) is 10.0. The normalized spacial score (nSPS) is 12.2. The SMILES string of the molecule is Ic1cccc2c1nc1n(-c3ccccc3-n3c4ccccc4c4cc(-n5c6ccccc6c6ccccc65)ccc43)c3ccccc3n21. The summed E-state index contributed by atoms with van der Waals surface area (Å²) >= 11 is 2.40. The predicted octanol–water partition coefficient (Wildman–Crippen LogP) is 11.2. The smallest absolute Gasteiger partial charge is 0.220 e. The third-order valence-corrected chi connectivity index (χ3v) is 10.9. The molecule has 11 rings (SSSR count). The number of fused-ring (bicyclic) bond motifs is 11. The summed E-state index contributed by atoms with van der Waals surface area (Å²) in [7, 11) is 0. The molecule has 0 saturated heterocycles. The molecule has 0 aliphatic rings. The van der Waals surface area contributed by atoms with Crippen LogP contribution >= 0.6 is 22.6 Å². The minimum absolute atomic E-state index is 0.905. The Hall–Kier alpha value is -5.86. The lowest BCUT2D eigenvalue weighted by molar-refractivity contribution is 1.06. The van der Waals surface area contributed by atoms with Crippen LogP contribution in [0.4, 0.5) is 0 Å². The third kappa shape index (κ3) is 3.66. The van der Waals surface area contributed by atoms with Crippen LogP contribution in [0.5, 0.6) is 0 Å². The van der Waals surface area contributed by atoms with Crippen molar-refractivity contribution in [1.29, 1.82) is 0 Å². The Morgan fingerprint density at radius 2 is 0.898 bits per heavy atom. The second-order valence-electron chi connectivity index (χ2n) is 12.6. The van der Waals surface area contributed by atoms with E-state index in [1.807, 2.05) is 0 Å². The van der Waals surface area contributed by atoms with Crippen molar-refractivity contribution in [3.63, 3.8) is 0 Å². The zero-order chi connectivity index (χ0) is 32.2. The largest absolute Gasteiger partial charge is 0.309 e. The lowest BCUT2D eigenvalue weighted by atomic mass is 10.1. The van der Waals surface area contributed by atoms with Crippen LogP contribution in [0.15, 0.2) is 158 Å². The lowest BCUT2D eigenvalue weighted by Gasteiger charge is -2.15. The van der Waals surface area contributed by atoms with Gasteiger partial charge in [0.15, 0.2) is 0 Å². The standard InChI is InChI=1S/C43H26IN5/c44-32-15-11-23-41-42(32)45-43-48(39-21-9-10-22-40(39)49(41)43)38-20-8-7-19-37(38)47-35-18-6-3-14-30(35)31-26-27(24-25-36(31)47)46-33-16-4-1-12-28(33)29-13-2-5-17-34(29)46/h1-26H. The summed E-state index contributed by atoms with van der Waals surface area (Å²) in [6.45, 7) is 0. The summed E-state index contributed by atoms with van der Waals surface area (Å²) in [5.41, 5.74) is 12.5. The molecule has 0 spiro atoms. The summed E-state index contributed by atoms with van der Waals surface area (Å²) in [5.74, 6) is 0.905. The molecular weight excluding hydrogens is 713 g/mol. The molecule has 11 aromatic rings. The monoisotopic (exact) mass is 739 g/mol. The minimum atomic E-state index is 0.905. The van der Waals surface area contributed by atoms with Gasteiger partial charge in [0.05, 0.1) is 50.0 Å². The fourth-order valence-corrected chi connectivity index (χ4v) is 8.63. The maximum Gasteiger partial charge on any atom is 0.220 e. The molecule has 0 bridgehead atoms. The highest BCUT2D eigenvalue weighted by Gasteiger charge is 2.22. The molecule has 6 heteroatoms. The average molecular weight is 740 g/mol. The van der Waals surface area contributed by atoms with Gasteiger partial charge in [0.2, 0.25) is 5.78 Å². The van der Waals surface area contributed by atoms with E-state index in [0.29, 0.717) is 0 Å². The van der Waals surface area contributed by atoms with Gasteiger partial charge >= 0.3 is 0 Å². The van der Waals surface area contributed by atoms with Crippen LogP contribution in [-0.4, -0.2) is 23.1 Å². The number of imidazole rings is 2. The Morgan fingerprint density at radius 1 is 0.388 bits per heavy atom. The number of para-hydroxylation sites is 8. The predicted molar refractivity (Wildman–Crippen MR) is 211 cm³/mol. The van der Waals surface area contributed by atoms with Gasteiger partial charge < -0.3 is 9.13 Å². The molecule has 230 valence electrons. The van der Waals surface area contributed by atoms with Crippen molar-refractivity contribution >= 4 is 94.0 Å². The maximum atomic E-state index is 5.27. The van der Waals surface area contributed by atoms with Crippen LogP contribution in [-0.2, 0) is 0 Å². The fraction of sp³-hybridized carbons (Fsp3) is 0. The molecule has 0 fully saturated rings. The number of hydrogen-bond acceptors (Lipinski definition) is 1. The first-order valence-electron chi connectivity index (χ1n) is 16.4. The van der Waals surface area contributed by atoms with Crippen LogP contribution in [0, 0.1) is 3.57 Å². The van der Waals surface area contributed by atoms with Gasteiger partial charge in [-0.2, -0.15) is 0 Å². The number of rotatable bonds is 3. The van der Waals surface area contributed by atoms with Gasteiger partial charge in [-0.1, -0.05) is 84.9 Å². The van der Waals surface area contributed by atoms with E-state index in [1.54, 1.807) is 0 Å². The minimum Gasteiger partial charge on any atom is -0.309 e. The van der Waals surface area contributed by atoms with Crippen molar-refractivity contribution in [3.8, 4) is 17.1 Å². The molecule has 7 aromatic carbocycles. The van der Waals surface area contributed by atoms with Gasteiger partial charge in [-0.25, -0.2) is 4.98 Å². The highest BCUT2D eigenvalue weighted by Crippen LogP contribution is 2.39. The van der Waals surface area contributed by atoms with E-state index < -0.39 is 0 Å². The Balaban J connectivity index is 1.22. The quantitative estimate of drug-likeness (QED) is 0.166. The van der Waals surface area contributed by atoms with Crippen molar-refractivity contribution in [2.75, 3.05) is 0 Å². The maximum absolute atomic E-state index is 5.27. The van der Waals surface area contributed by atoms with Gasteiger partial charge in [0.1, 0.15) is 5.52 Å². The van der Waals surface area contributed by atoms with E-state index in [9.17, 15) is 0 Å². The topological polar surface area (TPSA) is 32.1 Å². The first-order valence-corrected chi connectivity index (χ1v) is 17.5. The van der Waals surface area contributed by atoms with E-state index in [-0.39, 0.29) is 0 Å². The van der Waals surface area contributed by atoms with Crippen molar-refractivity contribution < 1.29 is 0 Å². The van der Waals surface area contributed by atoms with Gasteiger partial charge in [-0.15, -0.1) is 0 Å². The number of aromatic nitrogens is 5. The van der Waals surface area contributed by atoms with Crippen LogP contribution < -0.4 is 0 Å². The summed E-state index contributed by atoms with van der Waals surface area (Å²) in [6, 6.07) is 56.9. The second-order valence-corrected chi connectivity index (χ2v) is 13.8. The molecular formula is C43H26IN5. The van der Waals surface area contributed by atoms with E-state index in [4.69, 9.17) is 4.98 Å². The summed E-state index contributed by atoms with van der Waals surface area (Å²) in [6.07, 6.45) is 0. The summed E-state index contributed by atoms with van der Waals surface area (Å²) in [5, 5.41) is 4.97. The highest BCUT2D eigenvalue weighted by atomic mass is 127. The Morgan fingerprint density at radius 3 is 1.59 bits per heavy atom. The molecule has 49 heavy (non-hydrogen) atoms. The average Bonchev–Trinajstić information content (AvgIpc) is 3.88. The highest BCUT2D eigenvalue weighted by molar-refractivity contribution is 14.1. The lowest BCUT2D eigenvalue weighted by Crippen LogP contribution is -2.03. The summed E-state index contributed by atoms with van der Waals surface area (Å²) in [4.78, 5) is 5.27. The van der Waals surface area contributed by atoms with E-state index in [2.05, 4.69) is 198 Å². The zero-order valence-electron chi connectivity index (χ0n) is 26.1. The van der Waals surface area contributed by atoms with Gasteiger partial charge in [-0.3, -0.25) is 8.97 Å². The molecule has 0 saturated carbocycles. The first-order chi connectivity index (χ1) is 24.3. The van der Waals surface area contributed by atoms with E-state index in [0.717, 1.165) is 54.0 Å². The molecule has 0 unspecified atom stereocenters. The van der Waals surface area contributed by atoms with Crippen molar-refractivity contribution in [3.05, 3.63) is 161 Å². The molecule has 0 amide bonds. The summed E-state index contributed by atoms with van der Waals surface area (Å²) < 4.78 is 10.6. The Bertz CT molecular complexity index is 3080. The van der Waals surface area contributed by atoms with E-state index >= 15 is 0 Å². The van der Waals surface area contributed by atoms with Gasteiger partial charge in [0.25, 0.3) is 0 Å². The number of hydrogen-bond donors (Lipinski definition) is 0. The number of halogens is 1. The zero-order valence-corrected chi connectivity index (χ0v) is 28.3. The molecule has 0 radical (unpaired) electrons. The van der Waals surface area contributed by atoms with Gasteiger partial charge in [-0.05, 0) is 95.4 Å². The molecule has 4 aromatic heterocycles. The molecule has 0 aliphatic heterocycles. The molecule has 0 atom stereocenters. The Labute approximate surface area is 294 Å². The van der Waals surface area contributed by atoms with Crippen LogP contribution in [0.2, 0.25) is 0 Å². The molecule has 0 aliphatic carbocycles. The molecule has 0 N–H and O–H groups in total. The number of benzene rings is 7.